The van der Waals surface area contributed by atoms with Crippen LogP contribution in [0.5, 0.6) is 0 Å². The molecule has 0 atom stereocenters. The van der Waals surface area contributed by atoms with E-state index >= 15 is 0 Å². The van der Waals surface area contributed by atoms with Gasteiger partial charge in [-0.3, -0.25) is 4.79 Å². The molecule has 0 aliphatic heterocycles. The zero-order valence-corrected chi connectivity index (χ0v) is 8.84. The second-order valence-electron chi connectivity index (χ2n) is 3.26. The molecule has 1 amide bonds. The Morgan fingerprint density at radius 3 is 2.62 bits per heavy atom. The van der Waals surface area contributed by atoms with Crippen molar-refractivity contribution in [3.63, 3.8) is 0 Å². The second kappa shape index (κ2) is 6.66. The van der Waals surface area contributed by atoms with Gasteiger partial charge in [-0.2, -0.15) is 0 Å². The molecule has 0 unspecified atom stereocenters. The Bertz CT molecular complexity index is 166. The van der Waals surface area contributed by atoms with Gasteiger partial charge >= 0.3 is 0 Å². The van der Waals surface area contributed by atoms with Crippen LogP contribution in [0.25, 0.3) is 0 Å². The molecule has 0 aliphatic rings. The Balaban J connectivity index is 3.83. The zero-order chi connectivity index (χ0) is 10.3. The van der Waals surface area contributed by atoms with Gasteiger partial charge in [-0.05, 0) is 6.92 Å². The molecule has 0 aromatic heterocycles. The minimum Gasteiger partial charge on any atom is -0.338 e. The van der Waals surface area contributed by atoms with Crippen molar-refractivity contribution in [3.05, 3.63) is 12.7 Å². The summed E-state index contributed by atoms with van der Waals surface area (Å²) in [6.07, 6.45) is 1.75. The monoisotopic (exact) mass is 184 g/mol. The number of likely N-dealkylation sites (N-methyl/N-ethyl adjacent to an activating group) is 1. The van der Waals surface area contributed by atoms with E-state index in [1.165, 1.54) is 0 Å². The van der Waals surface area contributed by atoms with Gasteiger partial charge in [0.15, 0.2) is 0 Å². The van der Waals surface area contributed by atoms with E-state index in [4.69, 9.17) is 0 Å². The molecule has 13 heavy (non-hydrogen) atoms. The standard InChI is InChI=1S/C10H20N2O/c1-5-7-12(6-2)10(13)8-11-9(3)4/h5,9,11H,1,6-8H2,2-4H3. The molecule has 0 saturated heterocycles. The molecule has 0 heterocycles. The van der Waals surface area contributed by atoms with Crippen LogP contribution in [0.1, 0.15) is 20.8 Å². The van der Waals surface area contributed by atoms with Crippen LogP contribution in [0.2, 0.25) is 0 Å². The summed E-state index contributed by atoms with van der Waals surface area (Å²) < 4.78 is 0. The van der Waals surface area contributed by atoms with Gasteiger partial charge in [-0.25, -0.2) is 0 Å². The van der Waals surface area contributed by atoms with Crippen LogP contribution in [-0.4, -0.2) is 36.5 Å². The molecular weight excluding hydrogens is 164 g/mol. The molecule has 0 spiro atoms. The highest BCUT2D eigenvalue weighted by atomic mass is 16.2. The summed E-state index contributed by atoms with van der Waals surface area (Å²) in [4.78, 5) is 13.3. The van der Waals surface area contributed by atoms with E-state index in [1.54, 1.807) is 11.0 Å². The first-order valence-corrected chi connectivity index (χ1v) is 4.73. The smallest absolute Gasteiger partial charge is 0.236 e. The summed E-state index contributed by atoms with van der Waals surface area (Å²) in [5, 5.41) is 3.09. The molecule has 1 N–H and O–H groups in total. The molecule has 0 fully saturated rings. The highest BCUT2D eigenvalue weighted by molar-refractivity contribution is 5.78. The van der Waals surface area contributed by atoms with Crippen molar-refractivity contribution in [2.24, 2.45) is 0 Å². The van der Waals surface area contributed by atoms with Gasteiger partial charge in [0.2, 0.25) is 5.91 Å². The van der Waals surface area contributed by atoms with Gasteiger partial charge in [0, 0.05) is 19.1 Å². The third-order valence-electron chi connectivity index (χ3n) is 1.75. The Kier molecular flexibility index (Phi) is 6.24. The summed E-state index contributed by atoms with van der Waals surface area (Å²) in [5.74, 6) is 0.135. The minimum absolute atomic E-state index is 0.135. The van der Waals surface area contributed by atoms with Gasteiger partial charge in [0.1, 0.15) is 0 Å². The number of amides is 1. The lowest BCUT2D eigenvalue weighted by molar-refractivity contribution is -0.129. The van der Waals surface area contributed by atoms with Crippen molar-refractivity contribution in [3.8, 4) is 0 Å². The quantitative estimate of drug-likeness (QED) is 0.625. The SMILES string of the molecule is C=CCN(CC)C(=O)CNC(C)C. The number of carbonyl (C=O) groups is 1. The van der Waals surface area contributed by atoms with Crippen LogP contribution < -0.4 is 5.32 Å². The van der Waals surface area contributed by atoms with Crippen LogP contribution in [-0.2, 0) is 4.79 Å². The predicted octanol–water partition coefficient (Wildman–Crippen LogP) is 1.02. The number of hydrogen-bond acceptors (Lipinski definition) is 2. The Hall–Kier alpha value is -0.830. The fraction of sp³-hybridized carbons (Fsp3) is 0.700. The molecule has 0 saturated carbocycles. The molecule has 0 bridgehead atoms. The molecule has 0 aromatic carbocycles. The maximum absolute atomic E-state index is 11.5. The summed E-state index contributed by atoms with van der Waals surface area (Å²) in [5.41, 5.74) is 0. The summed E-state index contributed by atoms with van der Waals surface area (Å²) in [6.45, 7) is 11.4. The Labute approximate surface area is 80.8 Å². The fourth-order valence-corrected chi connectivity index (χ4v) is 0.966. The van der Waals surface area contributed by atoms with E-state index in [2.05, 4.69) is 11.9 Å². The third kappa shape index (κ3) is 5.42. The van der Waals surface area contributed by atoms with Crippen LogP contribution in [0.4, 0.5) is 0 Å². The van der Waals surface area contributed by atoms with E-state index < -0.39 is 0 Å². The number of carbonyl (C=O) groups excluding carboxylic acids is 1. The summed E-state index contributed by atoms with van der Waals surface area (Å²) >= 11 is 0. The third-order valence-corrected chi connectivity index (χ3v) is 1.75. The van der Waals surface area contributed by atoms with Crippen LogP contribution >= 0.6 is 0 Å². The highest BCUT2D eigenvalue weighted by Gasteiger charge is 2.09. The minimum atomic E-state index is 0.135. The average Bonchev–Trinajstić information content (AvgIpc) is 2.10. The highest BCUT2D eigenvalue weighted by Crippen LogP contribution is 1.89. The lowest BCUT2D eigenvalue weighted by Gasteiger charge is -2.19. The molecule has 0 aromatic rings. The number of hydrogen-bond donors (Lipinski definition) is 1. The first-order chi connectivity index (χ1) is 6.11. The van der Waals surface area contributed by atoms with Gasteiger partial charge in [0.05, 0.1) is 6.54 Å². The van der Waals surface area contributed by atoms with Crippen LogP contribution in [0.15, 0.2) is 12.7 Å². The summed E-state index contributed by atoms with van der Waals surface area (Å²) in [6, 6.07) is 0.353. The lowest BCUT2D eigenvalue weighted by atomic mass is 10.3. The van der Waals surface area contributed by atoms with Gasteiger partial charge in [0.25, 0.3) is 0 Å². The Morgan fingerprint density at radius 1 is 1.62 bits per heavy atom. The topological polar surface area (TPSA) is 32.3 Å². The van der Waals surface area contributed by atoms with Crippen molar-refractivity contribution in [1.29, 1.82) is 0 Å². The molecule has 0 radical (unpaired) electrons. The molecular formula is C10H20N2O. The van der Waals surface area contributed by atoms with Crippen molar-refractivity contribution in [2.45, 2.75) is 26.8 Å². The molecule has 76 valence electrons. The van der Waals surface area contributed by atoms with E-state index in [-0.39, 0.29) is 5.91 Å². The first kappa shape index (κ1) is 12.2. The van der Waals surface area contributed by atoms with Gasteiger partial charge in [-0.1, -0.05) is 19.9 Å². The number of nitrogens with zero attached hydrogens (tertiary/aromatic N) is 1. The maximum atomic E-state index is 11.5. The van der Waals surface area contributed by atoms with Gasteiger partial charge < -0.3 is 10.2 Å². The average molecular weight is 184 g/mol. The zero-order valence-electron chi connectivity index (χ0n) is 8.84. The van der Waals surface area contributed by atoms with Gasteiger partial charge in [-0.15, -0.1) is 6.58 Å². The second-order valence-corrected chi connectivity index (χ2v) is 3.26. The van der Waals surface area contributed by atoms with Crippen molar-refractivity contribution >= 4 is 5.91 Å². The molecule has 3 heteroatoms. The lowest BCUT2D eigenvalue weighted by Crippen LogP contribution is -2.40. The van der Waals surface area contributed by atoms with Crippen molar-refractivity contribution < 1.29 is 4.79 Å². The summed E-state index contributed by atoms with van der Waals surface area (Å²) in [7, 11) is 0. The molecule has 0 rings (SSSR count). The van der Waals surface area contributed by atoms with E-state index in [9.17, 15) is 4.79 Å². The predicted molar refractivity (Wildman–Crippen MR) is 55.6 cm³/mol. The van der Waals surface area contributed by atoms with Crippen molar-refractivity contribution in [1.82, 2.24) is 10.2 Å². The normalized spacial score (nSPS) is 10.2. The molecule has 0 aliphatic carbocycles. The maximum Gasteiger partial charge on any atom is 0.236 e. The first-order valence-electron chi connectivity index (χ1n) is 4.73. The number of nitrogens with one attached hydrogen (secondary N) is 1. The van der Waals surface area contributed by atoms with Crippen LogP contribution in [0.3, 0.4) is 0 Å². The molecule has 3 nitrogen and oxygen atoms in total. The van der Waals surface area contributed by atoms with Crippen molar-refractivity contribution in [2.75, 3.05) is 19.6 Å². The largest absolute Gasteiger partial charge is 0.338 e. The van der Waals surface area contributed by atoms with E-state index in [0.717, 1.165) is 6.54 Å². The van der Waals surface area contributed by atoms with E-state index in [1.807, 2.05) is 20.8 Å². The van der Waals surface area contributed by atoms with Crippen LogP contribution in [0, 0.1) is 0 Å². The fourth-order valence-electron chi connectivity index (χ4n) is 0.966. The number of rotatable bonds is 6. The Morgan fingerprint density at radius 2 is 2.23 bits per heavy atom. The van der Waals surface area contributed by atoms with E-state index in [0.29, 0.717) is 19.1 Å².